The van der Waals surface area contributed by atoms with Gasteiger partial charge in [0.25, 0.3) is 0 Å². The summed E-state index contributed by atoms with van der Waals surface area (Å²) in [6.45, 7) is 3.86. The second-order valence-corrected chi connectivity index (χ2v) is 11.6. The highest BCUT2D eigenvalue weighted by molar-refractivity contribution is 5.83. The minimum absolute atomic E-state index is 0.0256. The molecule has 0 saturated carbocycles. The number of nitrogens with zero attached hydrogens (tertiary/aromatic N) is 4. The normalized spacial score (nSPS) is 21.2. The van der Waals surface area contributed by atoms with Gasteiger partial charge in [0.1, 0.15) is 17.7 Å². The van der Waals surface area contributed by atoms with Gasteiger partial charge in [0.05, 0.1) is 24.5 Å². The van der Waals surface area contributed by atoms with Crippen molar-refractivity contribution >= 4 is 22.8 Å². The lowest BCUT2D eigenvalue weighted by Crippen LogP contribution is -2.44. The molecule has 4 heterocycles. The fourth-order valence-electron chi connectivity index (χ4n) is 6.10. The molecule has 5 rings (SSSR count). The van der Waals surface area contributed by atoms with Crippen molar-refractivity contribution in [2.75, 3.05) is 39.8 Å². The quantitative estimate of drug-likeness (QED) is 0.242. The summed E-state index contributed by atoms with van der Waals surface area (Å²) in [5.74, 6) is -0.581. The Balaban J connectivity index is 0.000000421. The number of hydrogen-bond donors (Lipinski definition) is 3. The molecule has 3 aromatic rings. The van der Waals surface area contributed by atoms with Crippen molar-refractivity contribution < 1.29 is 28.9 Å². The molecule has 3 N–H and O–H groups in total. The summed E-state index contributed by atoms with van der Waals surface area (Å²) in [5, 5.41) is 22.1. The van der Waals surface area contributed by atoms with Gasteiger partial charge in [-0.2, -0.15) is 0 Å². The lowest BCUT2D eigenvalue weighted by molar-refractivity contribution is -0.146. The maximum atomic E-state index is 15.4. The average molecular weight is 610 g/mol. The summed E-state index contributed by atoms with van der Waals surface area (Å²) >= 11 is 0. The fourth-order valence-corrected chi connectivity index (χ4v) is 6.10. The molecule has 10 nitrogen and oxygen atoms in total. The fraction of sp³-hybridized carbons (Fsp3) is 0.545. The maximum Gasteiger partial charge on any atom is 0.308 e. The maximum absolute atomic E-state index is 15.4. The molecule has 1 aromatic carbocycles. The third kappa shape index (κ3) is 9.65. The molecule has 0 bridgehead atoms. The van der Waals surface area contributed by atoms with Gasteiger partial charge in [-0.15, -0.1) is 0 Å². The SMILES string of the molecule is COc1ccc2nccc(C(F)CC[C@@H]3CCN(CCCCc4ncccn4)C[C@@H]3C(=O)O)c2c1.O=C(O)C1CCCNC1. The number of hydrogen-bond acceptors (Lipinski definition) is 8. The van der Waals surface area contributed by atoms with Crippen molar-refractivity contribution in [1.82, 2.24) is 25.2 Å². The zero-order chi connectivity index (χ0) is 31.3. The number of rotatable bonds is 12. The van der Waals surface area contributed by atoms with Crippen LogP contribution in [0.2, 0.25) is 0 Å². The summed E-state index contributed by atoms with van der Waals surface area (Å²) < 4.78 is 20.7. The van der Waals surface area contributed by atoms with E-state index in [-0.39, 0.29) is 11.8 Å². The van der Waals surface area contributed by atoms with E-state index in [1.54, 1.807) is 37.8 Å². The van der Waals surface area contributed by atoms with Crippen LogP contribution in [-0.4, -0.2) is 81.8 Å². The second kappa shape index (κ2) is 17.0. The van der Waals surface area contributed by atoms with E-state index in [2.05, 4.69) is 25.2 Å². The molecule has 2 saturated heterocycles. The highest BCUT2D eigenvalue weighted by Crippen LogP contribution is 2.35. The number of aromatic nitrogens is 3. The van der Waals surface area contributed by atoms with Gasteiger partial charge >= 0.3 is 11.9 Å². The van der Waals surface area contributed by atoms with Gasteiger partial charge in [-0.3, -0.25) is 14.6 Å². The number of carboxylic acid groups (broad SMARTS) is 2. The molecule has 0 amide bonds. The van der Waals surface area contributed by atoms with Crippen LogP contribution < -0.4 is 10.1 Å². The van der Waals surface area contributed by atoms with Crippen molar-refractivity contribution in [3.63, 3.8) is 0 Å². The number of methoxy groups -OCH3 is 1. The highest BCUT2D eigenvalue weighted by atomic mass is 19.1. The number of aryl methyl sites for hydroxylation is 1. The summed E-state index contributed by atoms with van der Waals surface area (Å²) in [7, 11) is 1.58. The Morgan fingerprint density at radius 2 is 1.91 bits per heavy atom. The minimum Gasteiger partial charge on any atom is -0.497 e. The van der Waals surface area contributed by atoms with E-state index in [1.807, 2.05) is 18.2 Å². The molecule has 0 aliphatic carbocycles. The molecule has 2 fully saturated rings. The van der Waals surface area contributed by atoms with Crippen LogP contribution >= 0.6 is 0 Å². The van der Waals surface area contributed by atoms with E-state index >= 15 is 4.39 Å². The van der Waals surface area contributed by atoms with E-state index in [4.69, 9.17) is 9.84 Å². The van der Waals surface area contributed by atoms with Crippen LogP contribution in [0.25, 0.3) is 10.9 Å². The van der Waals surface area contributed by atoms with E-state index in [0.29, 0.717) is 37.2 Å². The third-order valence-corrected chi connectivity index (χ3v) is 8.66. The first kappa shape index (κ1) is 33.2. The van der Waals surface area contributed by atoms with Crippen LogP contribution in [0.1, 0.15) is 62.5 Å². The lowest BCUT2D eigenvalue weighted by Gasteiger charge is -2.36. The first-order valence-electron chi connectivity index (χ1n) is 15.6. The van der Waals surface area contributed by atoms with Crippen molar-refractivity contribution in [2.45, 2.75) is 57.5 Å². The van der Waals surface area contributed by atoms with Crippen LogP contribution in [-0.2, 0) is 16.0 Å². The number of fused-ring (bicyclic) bond motifs is 1. The summed E-state index contributed by atoms with van der Waals surface area (Å²) in [5.41, 5.74) is 1.31. The predicted molar refractivity (Wildman–Crippen MR) is 165 cm³/mol. The Bertz CT molecular complexity index is 1340. The zero-order valence-electron chi connectivity index (χ0n) is 25.4. The molecule has 0 radical (unpaired) electrons. The number of carbonyl (C=O) groups is 2. The van der Waals surface area contributed by atoms with E-state index in [9.17, 15) is 14.7 Å². The van der Waals surface area contributed by atoms with E-state index in [1.165, 1.54) is 0 Å². The molecule has 4 atom stereocenters. The third-order valence-electron chi connectivity index (χ3n) is 8.66. The lowest BCUT2D eigenvalue weighted by atomic mass is 9.81. The van der Waals surface area contributed by atoms with Crippen LogP contribution in [0.3, 0.4) is 0 Å². The average Bonchev–Trinajstić information content (AvgIpc) is 3.06. The molecule has 11 heteroatoms. The van der Waals surface area contributed by atoms with Crippen molar-refractivity contribution in [3.05, 3.63) is 60.3 Å². The predicted octanol–water partition coefficient (Wildman–Crippen LogP) is 4.94. The molecule has 2 aliphatic rings. The van der Waals surface area contributed by atoms with Gasteiger partial charge in [-0.25, -0.2) is 14.4 Å². The number of unbranched alkanes of at least 4 members (excludes halogenated alkanes) is 1. The monoisotopic (exact) mass is 609 g/mol. The van der Waals surface area contributed by atoms with Gasteiger partial charge in [0.15, 0.2) is 0 Å². The molecular formula is C33H44FN5O5. The van der Waals surface area contributed by atoms with E-state index < -0.39 is 24.0 Å². The number of halogens is 1. The number of alkyl halides is 1. The molecule has 44 heavy (non-hydrogen) atoms. The van der Waals surface area contributed by atoms with Gasteiger partial charge < -0.3 is 25.2 Å². The van der Waals surface area contributed by atoms with Gasteiger partial charge in [0, 0.05) is 43.5 Å². The van der Waals surface area contributed by atoms with Gasteiger partial charge in [-0.1, -0.05) is 0 Å². The van der Waals surface area contributed by atoms with Crippen LogP contribution in [0.15, 0.2) is 48.9 Å². The Morgan fingerprint density at radius 1 is 1.09 bits per heavy atom. The van der Waals surface area contributed by atoms with Crippen LogP contribution in [0, 0.1) is 17.8 Å². The number of likely N-dealkylation sites (tertiary alicyclic amines) is 1. The number of piperidine rings is 2. The molecule has 238 valence electrons. The van der Waals surface area contributed by atoms with Crippen LogP contribution in [0.4, 0.5) is 4.39 Å². The molecule has 2 aliphatic heterocycles. The number of pyridine rings is 1. The van der Waals surface area contributed by atoms with Crippen molar-refractivity contribution in [3.8, 4) is 5.75 Å². The molecule has 0 spiro atoms. The molecule has 2 aromatic heterocycles. The molecule has 2 unspecified atom stereocenters. The van der Waals surface area contributed by atoms with Gasteiger partial charge in [0.2, 0.25) is 0 Å². The standard InChI is InChI=1S/C27H33FN4O3.C6H11NO2/c1-35-20-7-9-25-22(17-20)21(10-14-29-25)24(28)8-6-19-11-16-32(18-23(19)27(33)34)15-3-2-5-26-30-12-4-13-31-26;8-6(9)5-2-1-3-7-4-5/h4,7,9-10,12-14,17,19,23-24H,2-3,5-6,8,11,15-16,18H2,1H3,(H,33,34);5,7H,1-4H2,(H,8,9)/t19-,23+,24?;/m1./s1. The van der Waals surface area contributed by atoms with Crippen molar-refractivity contribution in [1.29, 1.82) is 0 Å². The van der Waals surface area contributed by atoms with E-state index in [0.717, 1.165) is 74.9 Å². The zero-order valence-corrected chi connectivity index (χ0v) is 25.4. The Hall–Kier alpha value is -3.70. The van der Waals surface area contributed by atoms with Gasteiger partial charge in [-0.05, 0) is 106 Å². The highest BCUT2D eigenvalue weighted by Gasteiger charge is 2.34. The second-order valence-electron chi connectivity index (χ2n) is 11.6. The Morgan fingerprint density at radius 3 is 2.59 bits per heavy atom. The number of aliphatic carboxylic acids is 2. The number of carboxylic acids is 2. The van der Waals surface area contributed by atoms with Crippen molar-refractivity contribution in [2.24, 2.45) is 17.8 Å². The summed E-state index contributed by atoms with van der Waals surface area (Å²) in [6.07, 6.45) is 10.2. The Labute approximate surface area is 258 Å². The van der Waals surface area contributed by atoms with Crippen LogP contribution in [0.5, 0.6) is 5.75 Å². The number of nitrogens with one attached hydrogen (secondary N) is 1. The Kier molecular flexibility index (Phi) is 12.8. The molecular weight excluding hydrogens is 565 g/mol. The topological polar surface area (TPSA) is 138 Å². The first-order valence-corrected chi connectivity index (χ1v) is 15.6. The number of benzene rings is 1. The summed E-state index contributed by atoms with van der Waals surface area (Å²) in [4.78, 5) is 37.4. The summed E-state index contributed by atoms with van der Waals surface area (Å²) in [6, 6.07) is 8.97. The number of ether oxygens (including phenoxy) is 1. The largest absolute Gasteiger partial charge is 0.497 e. The minimum atomic E-state index is -1.18. The smallest absolute Gasteiger partial charge is 0.308 e. The first-order chi connectivity index (χ1) is 21.4.